The zero-order valence-corrected chi connectivity index (χ0v) is 10.4. The van der Waals surface area contributed by atoms with Gasteiger partial charge in [0, 0.05) is 10.7 Å². The van der Waals surface area contributed by atoms with Crippen LogP contribution in [0.4, 0.5) is 17.5 Å². The molecule has 19 heavy (non-hydrogen) atoms. The van der Waals surface area contributed by atoms with Gasteiger partial charge in [-0.25, -0.2) is 5.84 Å². The van der Waals surface area contributed by atoms with Gasteiger partial charge in [-0.15, -0.1) is 0 Å². The highest BCUT2D eigenvalue weighted by Gasteiger charge is 2.09. The molecular formula is C11H10ClN7. The molecule has 8 heteroatoms. The maximum Gasteiger partial charge on any atom is 0.241 e. The molecule has 0 amide bonds. The highest BCUT2D eigenvalue weighted by molar-refractivity contribution is 6.30. The molecule has 3 aromatic rings. The quantitative estimate of drug-likeness (QED) is 0.431. The van der Waals surface area contributed by atoms with E-state index in [1.807, 2.05) is 12.1 Å². The summed E-state index contributed by atoms with van der Waals surface area (Å²) in [6.07, 6.45) is 1.65. The summed E-state index contributed by atoms with van der Waals surface area (Å²) in [6.45, 7) is 0. The third kappa shape index (κ3) is 2.28. The molecule has 2 heterocycles. The molecule has 0 unspecified atom stereocenters. The molecule has 0 spiro atoms. The van der Waals surface area contributed by atoms with Gasteiger partial charge in [-0.2, -0.15) is 15.1 Å². The molecule has 5 N–H and O–H groups in total. The van der Waals surface area contributed by atoms with Crippen LogP contribution in [0.3, 0.4) is 0 Å². The second-order valence-corrected chi connectivity index (χ2v) is 4.24. The number of nitrogens with one attached hydrogen (secondary N) is 3. The molecular weight excluding hydrogens is 266 g/mol. The fourth-order valence-corrected chi connectivity index (χ4v) is 1.79. The Balaban J connectivity index is 2.03. The van der Waals surface area contributed by atoms with E-state index in [-0.39, 0.29) is 0 Å². The van der Waals surface area contributed by atoms with E-state index in [0.717, 1.165) is 11.1 Å². The van der Waals surface area contributed by atoms with Crippen LogP contribution in [-0.4, -0.2) is 20.2 Å². The third-order valence-corrected chi connectivity index (χ3v) is 2.80. The van der Waals surface area contributed by atoms with Crippen molar-refractivity contribution in [3.63, 3.8) is 0 Å². The highest BCUT2D eigenvalue weighted by atomic mass is 35.5. The molecule has 0 saturated heterocycles. The summed E-state index contributed by atoms with van der Waals surface area (Å²) in [4.78, 5) is 8.40. The molecule has 2 aromatic heterocycles. The molecule has 0 fully saturated rings. The Bertz CT molecular complexity index is 707. The first-order valence-electron chi connectivity index (χ1n) is 5.46. The van der Waals surface area contributed by atoms with Crippen LogP contribution in [0.25, 0.3) is 11.0 Å². The van der Waals surface area contributed by atoms with Crippen LogP contribution in [-0.2, 0) is 0 Å². The van der Waals surface area contributed by atoms with E-state index in [2.05, 4.69) is 30.9 Å². The van der Waals surface area contributed by atoms with E-state index in [0.29, 0.717) is 22.4 Å². The lowest BCUT2D eigenvalue weighted by Gasteiger charge is -2.08. The monoisotopic (exact) mass is 275 g/mol. The van der Waals surface area contributed by atoms with Gasteiger partial charge >= 0.3 is 0 Å². The summed E-state index contributed by atoms with van der Waals surface area (Å²) in [7, 11) is 0. The van der Waals surface area contributed by atoms with Crippen LogP contribution in [0.1, 0.15) is 0 Å². The fraction of sp³-hybridized carbons (Fsp3) is 0. The van der Waals surface area contributed by atoms with Crippen LogP contribution >= 0.6 is 11.6 Å². The van der Waals surface area contributed by atoms with Gasteiger partial charge < -0.3 is 5.32 Å². The summed E-state index contributed by atoms with van der Waals surface area (Å²) in [6, 6.07) is 7.29. The molecule has 0 aliphatic heterocycles. The van der Waals surface area contributed by atoms with Crippen LogP contribution < -0.4 is 16.6 Å². The molecule has 7 nitrogen and oxygen atoms in total. The van der Waals surface area contributed by atoms with Crippen LogP contribution in [0.5, 0.6) is 0 Å². The molecule has 0 atom stereocenters. The molecule has 1 aromatic carbocycles. The number of halogens is 1. The fourth-order valence-electron chi connectivity index (χ4n) is 1.66. The van der Waals surface area contributed by atoms with E-state index in [1.54, 1.807) is 18.3 Å². The van der Waals surface area contributed by atoms with Crippen LogP contribution in [0.2, 0.25) is 5.02 Å². The summed E-state index contributed by atoms with van der Waals surface area (Å²) in [5.41, 5.74) is 3.86. The van der Waals surface area contributed by atoms with E-state index in [1.165, 1.54) is 0 Å². The number of fused-ring (bicyclic) bond motifs is 1. The summed E-state index contributed by atoms with van der Waals surface area (Å²) in [5.74, 6) is 6.24. The number of hydrogen-bond acceptors (Lipinski definition) is 6. The molecule has 0 bridgehead atoms. The van der Waals surface area contributed by atoms with Crippen molar-refractivity contribution in [2.24, 2.45) is 5.84 Å². The van der Waals surface area contributed by atoms with E-state index in [4.69, 9.17) is 17.4 Å². The smallest absolute Gasteiger partial charge is 0.241 e. The standard InChI is InChI=1S/C11H10ClN7/c12-6-1-3-7(4-2-6)15-9-8-5-14-19-10(8)17-11(16-9)18-13/h1-5H,13H2,(H3,14,15,16,17,18,19). The van der Waals surface area contributed by atoms with Gasteiger partial charge in [-0.1, -0.05) is 11.6 Å². The topological polar surface area (TPSA) is 105 Å². The van der Waals surface area contributed by atoms with Gasteiger partial charge in [0.15, 0.2) is 5.65 Å². The first kappa shape index (κ1) is 11.7. The first-order chi connectivity index (χ1) is 9.26. The number of nitrogens with two attached hydrogens (primary N) is 1. The average molecular weight is 276 g/mol. The molecule has 0 radical (unpaired) electrons. The Morgan fingerprint density at radius 2 is 1.95 bits per heavy atom. The Morgan fingerprint density at radius 1 is 1.16 bits per heavy atom. The number of hydrogen-bond donors (Lipinski definition) is 4. The number of nitrogen functional groups attached to an aromatic ring is 1. The van der Waals surface area contributed by atoms with Crippen molar-refractivity contribution in [2.45, 2.75) is 0 Å². The lowest BCUT2D eigenvalue weighted by Crippen LogP contribution is -2.11. The number of aromatic amines is 1. The second-order valence-electron chi connectivity index (χ2n) is 3.80. The summed E-state index contributed by atoms with van der Waals surface area (Å²) >= 11 is 5.85. The van der Waals surface area contributed by atoms with Gasteiger partial charge in [0.05, 0.1) is 11.6 Å². The predicted octanol–water partition coefficient (Wildman–Crippen LogP) is 2.04. The summed E-state index contributed by atoms with van der Waals surface area (Å²) < 4.78 is 0. The van der Waals surface area contributed by atoms with Crippen molar-refractivity contribution in [1.82, 2.24) is 20.2 Å². The molecule has 0 saturated carbocycles. The highest BCUT2D eigenvalue weighted by Crippen LogP contribution is 2.24. The SMILES string of the molecule is NNc1nc(Nc2ccc(Cl)cc2)c2cn[nH]c2n1. The lowest BCUT2D eigenvalue weighted by atomic mass is 10.3. The maximum atomic E-state index is 5.85. The number of H-pyrrole nitrogens is 1. The van der Waals surface area contributed by atoms with E-state index >= 15 is 0 Å². The minimum Gasteiger partial charge on any atom is -0.339 e. The molecule has 0 aliphatic rings. The predicted molar refractivity (Wildman–Crippen MR) is 74.2 cm³/mol. The third-order valence-electron chi connectivity index (χ3n) is 2.55. The minimum atomic E-state index is 0.299. The Kier molecular flexibility index (Phi) is 2.90. The van der Waals surface area contributed by atoms with Crippen molar-refractivity contribution < 1.29 is 0 Å². The van der Waals surface area contributed by atoms with Crippen molar-refractivity contribution in [3.8, 4) is 0 Å². The first-order valence-corrected chi connectivity index (χ1v) is 5.84. The number of nitrogens with zero attached hydrogens (tertiary/aromatic N) is 3. The average Bonchev–Trinajstić information content (AvgIpc) is 2.89. The Labute approximate surface area is 113 Å². The maximum absolute atomic E-state index is 5.85. The van der Waals surface area contributed by atoms with E-state index in [9.17, 15) is 0 Å². The minimum absolute atomic E-state index is 0.299. The normalized spacial score (nSPS) is 10.6. The van der Waals surface area contributed by atoms with E-state index < -0.39 is 0 Å². The number of rotatable bonds is 3. The van der Waals surface area contributed by atoms with Crippen LogP contribution in [0, 0.1) is 0 Å². The van der Waals surface area contributed by atoms with Crippen LogP contribution in [0.15, 0.2) is 30.5 Å². The number of hydrazine groups is 1. The van der Waals surface area contributed by atoms with Gasteiger partial charge in [-0.05, 0) is 24.3 Å². The van der Waals surface area contributed by atoms with Crippen molar-refractivity contribution in [1.29, 1.82) is 0 Å². The Morgan fingerprint density at radius 3 is 2.68 bits per heavy atom. The molecule has 96 valence electrons. The zero-order valence-electron chi connectivity index (χ0n) is 9.68. The lowest BCUT2D eigenvalue weighted by molar-refractivity contribution is 1.08. The van der Waals surface area contributed by atoms with Crippen molar-refractivity contribution >= 4 is 40.1 Å². The molecule has 3 rings (SSSR count). The summed E-state index contributed by atoms with van der Waals surface area (Å²) in [5, 5.41) is 11.3. The van der Waals surface area contributed by atoms with Gasteiger partial charge in [0.25, 0.3) is 0 Å². The second kappa shape index (κ2) is 4.71. The van der Waals surface area contributed by atoms with Crippen molar-refractivity contribution in [2.75, 3.05) is 10.7 Å². The van der Waals surface area contributed by atoms with Gasteiger partial charge in [-0.3, -0.25) is 10.5 Å². The van der Waals surface area contributed by atoms with Gasteiger partial charge in [0.2, 0.25) is 5.95 Å². The molecule has 0 aliphatic carbocycles. The number of aromatic nitrogens is 4. The number of benzene rings is 1. The Hall–Kier alpha value is -2.38. The number of anilines is 3. The van der Waals surface area contributed by atoms with Crippen molar-refractivity contribution in [3.05, 3.63) is 35.5 Å². The van der Waals surface area contributed by atoms with Gasteiger partial charge in [0.1, 0.15) is 5.82 Å². The largest absolute Gasteiger partial charge is 0.339 e. The zero-order chi connectivity index (χ0) is 13.2.